The lowest BCUT2D eigenvalue weighted by atomic mass is 10.1. The monoisotopic (exact) mass is 490 g/mol. The molecule has 2 N–H and O–H groups in total. The minimum Gasteiger partial charge on any atom is -0.478 e. The summed E-state index contributed by atoms with van der Waals surface area (Å²) in [4.78, 5) is 25.8. The molecule has 1 aromatic heterocycles. The van der Waals surface area contributed by atoms with Crippen molar-refractivity contribution in [2.75, 3.05) is 18.1 Å². The predicted molar refractivity (Wildman–Crippen MR) is 119 cm³/mol. The van der Waals surface area contributed by atoms with Gasteiger partial charge >= 0.3 is 12.1 Å². The molecule has 35 heavy (non-hydrogen) atoms. The molecule has 2 heterocycles. The van der Waals surface area contributed by atoms with Gasteiger partial charge in [0.25, 0.3) is 5.91 Å². The summed E-state index contributed by atoms with van der Waals surface area (Å²) >= 11 is 0. The number of hydrogen-bond donors (Lipinski definition) is 2. The number of nitrogens with one attached hydrogen (secondary N) is 1. The van der Waals surface area contributed by atoms with Gasteiger partial charge in [-0.3, -0.25) is 4.79 Å². The van der Waals surface area contributed by atoms with E-state index in [1.54, 1.807) is 30.0 Å². The van der Waals surface area contributed by atoms with E-state index >= 15 is 0 Å². The number of carboxylic acid groups (broad SMARTS) is 1. The predicted octanol–water partition coefficient (Wildman–Crippen LogP) is 4.62. The van der Waals surface area contributed by atoms with Gasteiger partial charge in [-0.2, -0.15) is 18.3 Å². The van der Waals surface area contributed by atoms with Gasteiger partial charge < -0.3 is 15.3 Å². The van der Waals surface area contributed by atoms with Crippen LogP contribution in [0.1, 0.15) is 56.4 Å². The summed E-state index contributed by atoms with van der Waals surface area (Å²) < 4.78 is 54.4. The van der Waals surface area contributed by atoms with Crippen LogP contribution in [0.4, 0.5) is 23.4 Å². The van der Waals surface area contributed by atoms with Crippen LogP contribution in [-0.4, -0.2) is 40.0 Å². The number of halogens is 4. The van der Waals surface area contributed by atoms with Gasteiger partial charge in [0.15, 0.2) is 0 Å². The van der Waals surface area contributed by atoms with E-state index in [-0.39, 0.29) is 24.2 Å². The lowest BCUT2D eigenvalue weighted by molar-refractivity contribution is -0.137. The maximum Gasteiger partial charge on any atom is 0.416 e. The Morgan fingerprint density at radius 3 is 2.54 bits per heavy atom. The van der Waals surface area contributed by atoms with Crippen LogP contribution < -0.4 is 10.2 Å². The first-order valence-electron chi connectivity index (χ1n) is 10.8. The maximum atomic E-state index is 13.7. The molecule has 1 aliphatic heterocycles. The molecule has 7 nitrogen and oxygen atoms in total. The number of amides is 1. The second-order valence-corrected chi connectivity index (χ2v) is 8.34. The number of aromatic nitrogens is 2. The van der Waals surface area contributed by atoms with E-state index in [9.17, 15) is 27.2 Å². The van der Waals surface area contributed by atoms with Gasteiger partial charge in [-0.05, 0) is 42.3 Å². The highest BCUT2D eigenvalue weighted by atomic mass is 19.4. The molecule has 0 unspecified atom stereocenters. The lowest BCUT2D eigenvalue weighted by Crippen LogP contribution is -2.29. The summed E-state index contributed by atoms with van der Waals surface area (Å²) in [6.07, 6.45) is -3.18. The third-order valence-corrected chi connectivity index (χ3v) is 5.90. The van der Waals surface area contributed by atoms with Crippen LogP contribution in [-0.2, 0) is 12.7 Å². The van der Waals surface area contributed by atoms with E-state index in [1.807, 2.05) is 0 Å². The Morgan fingerprint density at radius 1 is 1.20 bits per heavy atom. The average Bonchev–Trinajstić information content (AvgIpc) is 3.40. The molecule has 184 valence electrons. The van der Waals surface area contributed by atoms with Crippen molar-refractivity contribution in [1.29, 1.82) is 0 Å². The van der Waals surface area contributed by atoms with Crippen LogP contribution in [0, 0.1) is 0 Å². The Hall–Kier alpha value is -3.89. The topological polar surface area (TPSA) is 87.5 Å². The number of carbonyl (C=O) groups excluding carboxylic acids is 1. The molecule has 2 atom stereocenters. The summed E-state index contributed by atoms with van der Waals surface area (Å²) in [5.41, 5.74) is 0.538. The van der Waals surface area contributed by atoms with Gasteiger partial charge in [-0.15, -0.1) is 0 Å². The first kappa shape index (κ1) is 24.2. The maximum absolute atomic E-state index is 13.7. The zero-order chi connectivity index (χ0) is 25.3. The first-order chi connectivity index (χ1) is 16.6. The summed E-state index contributed by atoms with van der Waals surface area (Å²) in [5, 5.41) is 16.0. The van der Waals surface area contributed by atoms with Crippen molar-refractivity contribution in [3.05, 3.63) is 82.5 Å². The van der Waals surface area contributed by atoms with Crippen molar-refractivity contribution in [3.63, 3.8) is 0 Å². The fourth-order valence-electron chi connectivity index (χ4n) is 4.11. The SMILES string of the molecule is C[C@H](NC(=O)c1cnn2c1N(Cc1cccc(C(F)(F)F)c1)C[C@H]2CF)c1ccc(C(=O)O)cc1. The first-order valence-corrected chi connectivity index (χ1v) is 10.8. The number of hydrogen-bond acceptors (Lipinski definition) is 4. The lowest BCUT2D eigenvalue weighted by Gasteiger charge is -2.21. The van der Waals surface area contributed by atoms with E-state index < -0.39 is 42.4 Å². The summed E-state index contributed by atoms with van der Waals surface area (Å²) in [7, 11) is 0. The molecular weight excluding hydrogens is 468 g/mol. The van der Waals surface area contributed by atoms with Crippen LogP contribution in [0.3, 0.4) is 0 Å². The van der Waals surface area contributed by atoms with Gasteiger partial charge in [0.05, 0.1) is 23.4 Å². The highest BCUT2D eigenvalue weighted by Gasteiger charge is 2.35. The second kappa shape index (κ2) is 9.40. The fraction of sp³-hybridized carbons (Fsp3) is 0.292. The molecule has 1 aliphatic rings. The van der Waals surface area contributed by atoms with Gasteiger partial charge in [-0.25, -0.2) is 13.9 Å². The largest absolute Gasteiger partial charge is 0.478 e. The molecule has 4 rings (SSSR count). The quantitative estimate of drug-likeness (QED) is 0.472. The Bertz CT molecular complexity index is 1240. The number of fused-ring (bicyclic) bond motifs is 1. The normalized spacial score (nSPS) is 16.1. The number of carbonyl (C=O) groups is 2. The number of carboxylic acids is 1. The Morgan fingerprint density at radius 2 is 1.91 bits per heavy atom. The van der Waals surface area contributed by atoms with E-state index in [4.69, 9.17) is 5.11 Å². The molecule has 0 aliphatic carbocycles. The number of anilines is 1. The molecule has 0 saturated heterocycles. The van der Waals surface area contributed by atoms with E-state index in [0.29, 0.717) is 16.9 Å². The second-order valence-electron chi connectivity index (χ2n) is 8.34. The van der Waals surface area contributed by atoms with Crippen molar-refractivity contribution < 1.29 is 32.3 Å². The number of benzene rings is 2. The molecule has 11 heteroatoms. The number of rotatable bonds is 7. The zero-order valence-corrected chi connectivity index (χ0v) is 18.6. The molecule has 0 saturated carbocycles. The molecule has 3 aromatic rings. The van der Waals surface area contributed by atoms with Gasteiger partial charge in [0, 0.05) is 13.1 Å². The van der Waals surface area contributed by atoms with Crippen molar-refractivity contribution in [1.82, 2.24) is 15.1 Å². The van der Waals surface area contributed by atoms with Crippen molar-refractivity contribution >= 4 is 17.7 Å². The van der Waals surface area contributed by atoms with Crippen LogP contribution >= 0.6 is 0 Å². The summed E-state index contributed by atoms with van der Waals surface area (Å²) in [6.45, 7) is 1.17. The van der Waals surface area contributed by atoms with Crippen molar-refractivity contribution in [2.45, 2.75) is 31.7 Å². The van der Waals surface area contributed by atoms with Crippen LogP contribution in [0.2, 0.25) is 0 Å². The summed E-state index contributed by atoms with van der Waals surface area (Å²) in [6, 6.07) is 9.77. The highest BCUT2D eigenvalue weighted by molar-refractivity contribution is 5.99. The standard InChI is InChI=1S/C24H22F4N4O3/c1-14(16-5-7-17(8-6-16)23(34)35)30-21(33)20-11-29-32-19(10-25)13-31(22(20)32)12-15-3-2-4-18(9-15)24(26,27)28/h2-9,11,14,19H,10,12-13H2,1H3,(H,30,33)(H,34,35)/t14-,19+/m0/s1. The Balaban J connectivity index is 1.56. The van der Waals surface area contributed by atoms with E-state index in [1.165, 1.54) is 29.1 Å². The molecular formula is C24H22F4N4O3. The Labute approximate surface area is 198 Å². The van der Waals surface area contributed by atoms with Crippen molar-refractivity contribution in [3.8, 4) is 0 Å². The highest BCUT2D eigenvalue weighted by Crippen LogP contribution is 2.35. The smallest absolute Gasteiger partial charge is 0.416 e. The third kappa shape index (κ3) is 4.98. The molecule has 0 radical (unpaired) electrons. The molecule has 0 spiro atoms. The van der Waals surface area contributed by atoms with Crippen LogP contribution in [0.5, 0.6) is 0 Å². The minimum atomic E-state index is -4.49. The molecule has 0 fully saturated rings. The van der Waals surface area contributed by atoms with E-state index in [2.05, 4.69) is 10.4 Å². The average molecular weight is 490 g/mol. The van der Waals surface area contributed by atoms with Gasteiger partial charge in [0.1, 0.15) is 24.1 Å². The summed E-state index contributed by atoms with van der Waals surface area (Å²) in [5.74, 6) is -1.22. The number of nitrogens with zero attached hydrogens (tertiary/aromatic N) is 3. The molecule has 0 bridgehead atoms. The van der Waals surface area contributed by atoms with Gasteiger partial charge in [0.2, 0.25) is 0 Å². The minimum absolute atomic E-state index is 0.0403. The Kier molecular flexibility index (Phi) is 6.51. The van der Waals surface area contributed by atoms with Crippen LogP contribution in [0.25, 0.3) is 0 Å². The van der Waals surface area contributed by atoms with E-state index in [0.717, 1.165) is 12.1 Å². The number of aromatic carboxylic acids is 1. The van der Waals surface area contributed by atoms with Crippen LogP contribution in [0.15, 0.2) is 54.7 Å². The fourth-order valence-corrected chi connectivity index (χ4v) is 4.11. The third-order valence-electron chi connectivity index (χ3n) is 5.90. The van der Waals surface area contributed by atoms with Crippen molar-refractivity contribution in [2.24, 2.45) is 0 Å². The molecule has 2 aromatic carbocycles. The zero-order valence-electron chi connectivity index (χ0n) is 18.6. The number of alkyl halides is 4. The van der Waals surface area contributed by atoms with Gasteiger partial charge in [-0.1, -0.05) is 24.3 Å². The molecule has 1 amide bonds.